The van der Waals surface area contributed by atoms with Crippen molar-refractivity contribution in [1.82, 2.24) is 0 Å². The molecule has 92 valence electrons. The van der Waals surface area contributed by atoms with Gasteiger partial charge in [0.1, 0.15) is 18.5 Å². The Bertz CT molecular complexity index is 354. The van der Waals surface area contributed by atoms with Crippen molar-refractivity contribution in [2.45, 2.75) is 25.4 Å². The number of allylic oxidation sites excluding steroid dienone is 1. The molecule has 4 heteroatoms. The third-order valence-electron chi connectivity index (χ3n) is 2.18. The average Bonchev–Trinajstić information content (AvgIpc) is 2.25. The summed E-state index contributed by atoms with van der Waals surface area (Å²) in [6, 6.07) is 0. The van der Waals surface area contributed by atoms with Crippen LogP contribution in [0.3, 0.4) is 0 Å². The van der Waals surface area contributed by atoms with Crippen LogP contribution in [0.4, 0.5) is 0 Å². The molecule has 0 saturated carbocycles. The molecule has 0 aromatic heterocycles. The van der Waals surface area contributed by atoms with Gasteiger partial charge in [-0.3, -0.25) is 9.59 Å². The molecule has 0 aromatic carbocycles. The number of carbonyl (C=O) groups excluding carboxylic acids is 2. The molecule has 4 nitrogen and oxygen atoms in total. The summed E-state index contributed by atoms with van der Waals surface area (Å²) in [6.45, 7) is 7.31. The van der Waals surface area contributed by atoms with Gasteiger partial charge >= 0.3 is 5.97 Å². The number of ether oxygens (including phenoxy) is 2. The van der Waals surface area contributed by atoms with Crippen LogP contribution in [0.1, 0.15) is 19.3 Å². The van der Waals surface area contributed by atoms with Crippen molar-refractivity contribution in [1.29, 1.82) is 0 Å². The average molecular weight is 236 g/mol. The minimum atomic E-state index is -0.431. The molecule has 0 spiro atoms. The maximum absolute atomic E-state index is 11.4. The first kappa shape index (κ1) is 13.2. The lowest BCUT2D eigenvalue weighted by Gasteiger charge is -2.21. The van der Waals surface area contributed by atoms with E-state index in [1.54, 1.807) is 6.08 Å². The first-order chi connectivity index (χ1) is 8.15. The zero-order chi connectivity index (χ0) is 12.7. The Balaban J connectivity index is 2.51. The maximum atomic E-state index is 11.4. The van der Waals surface area contributed by atoms with Crippen LogP contribution in [0.15, 0.2) is 37.1 Å². The number of hydrogen-bond acceptors (Lipinski definition) is 4. The van der Waals surface area contributed by atoms with E-state index in [4.69, 9.17) is 9.47 Å². The highest BCUT2D eigenvalue weighted by Crippen LogP contribution is 2.20. The molecule has 0 bridgehead atoms. The lowest BCUT2D eigenvalue weighted by molar-refractivity contribution is -0.149. The highest BCUT2D eigenvalue weighted by atomic mass is 16.5. The molecule has 1 atom stereocenters. The molecule has 1 aliphatic rings. The van der Waals surface area contributed by atoms with E-state index in [2.05, 4.69) is 13.2 Å². The molecule has 0 fully saturated rings. The molecule has 1 unspecified atom stereocenters. The summed E-state index contributed by atoms with van der Waals surface area (Å²) in [7, 11) is 0. The second kappa shape index (κ2) is 6.68. The minimum absolute atomic E-state index is 0.0910. The van der Waals surface area contributed by atoms with Gasteiger partial charge in [0.05, 0.1) is 6.42 Å². The number of carbonyl (C=O) groups is 2. The summed E-state index contributed by atoms with van der Waals surface area (Å²) in [5.41, 5.74) is 0. The second-order valence-electron chi connectivity index (χ2n) is 3.69. The van der Waals surface area contributed by atoms with Crippen molar-refractivity contribution >= 4 is 11.8 Å². The van der Waals surface area contributed by atoms with Gasteiger partial charge in [-0.2, -0.15) is 0 Å². The standard InChI is InChI=1S/C13H16O4/c1-3-5-13(15)17-12-8-10(14)7-11(9-12)16-6-4-2/h3-4,7,12H,1-2,5-6,8-9H2. The van der Waals surface area contributed by atoms with Gasteiger partial charge in [-0.25, -0.2) is 0 Å². The van der Waals surface area contributed by atoms with Gasteiger partial charge in [0.15, 0.2) is 5.78 Å². The van der Waals surface area contributed by atoms with Crippen LogP contribution in [-0.2, 0) is 19.1 Å². The van der Waals surface area contributed by atoms with Gasteiger partial charge in [-0.15, -0.1) is 6.58 Å². The fraction of sp³-hybridized carbons (Fsp3) is 0.385. The van der Waals surface area contributed by atoms with Crippen LogP contribution in [0.25, 0.3) is 0 Å². The van der Waals surface area contributed by atoms with Crippen molar-refractivity contribution in [3.05, 3.63) is 37.1 Å². The molecule has 0 N–H and O–H groups in total. The minimum Gasteiger partial charge on any atom is -0.494 e. The van der Waals surface area contributed by atoms with E-state index in [-0.39, 0.29) is 24.6 Å². The Morgan fingerprint density at radius 1 is 1.41 bits per heavy atom. The third-order valence-corrected chi connectivity index (χ3v) is 2.18. The van der Waals surface area contributed by atoms with Crippen molar-refractivity contribution in [2.75, 3.05) is 6.61 Å². The van der Waals surface area contributed by atoms with Crippen LogP contribution >= 0.6 is 0 Å². The summed E-state index contributed by atoms with van der Waals surface area (Å²) in [4.78, 5) is 22.7. The summed E-state index contributed by atoms with van der Waals surface area (Å²) >= 11 is 0. The van der Waals surface area contributed by atoms with E-state index in [9.17, 15) is 9.59 Å². The van der Waals surface area contributed by atoms with E-state index in [1.165, 1.54) is 12.2 Å². The Hall–Kier alpha value is -1.84. The molecule has 1 aliphatic carbocycles. The fourth-order valence-corrected chi connectivity index (χ4v) is 1.52. The Kier molecular flexibility index (Phi) is 5.20. The number of ketones is 1. The van der Waals surface area contributed by atoms with Crippen LogP contribution in [0.2, 0.25) is 0 Å². The molecular weight excluding hydrogens is 220 g/mol. The van der Waals surface area contributed by atoms with Crippen molar-refractivity contribution < 1.29 is 19.1 Å². The summed E-state index contributed by atoms with van der Waals surface area (Å²) in [6.07, 6.45) is 4.88. The maximum Gasteiger partial charge on any atom is 0.309 e. The molecule has 0 aliphatic heterocycles. The second-order valence-corrected chi connectivity index (χ2v) is 3.69. The summed E-state index contributed by atoms with van der Waals surface area (Å²) in [5, 5.41) is 0. The van der Waals surface area contributed by atoms with Gasteiger partial charge in [-0.1, -0.05) is 18.7 Å². The van der Waals surface area contributed by atoms with Gasteiger partial charge < -0.3 is 9.47 Å². The predicted molar refractivity (Wildman–Crippen MR) is 63.2 cm³/mol. The quantitative estimate of drug-likeness (QED) is 0.522. The fourth-order valence-electron chi connectivity index (χ4n) is 1.52. The third kappa shape index (κ3) is 4.68. The molecule has 1 rings (SSSR count). The van der Waals surface area contributed by atoms with E-state index in [0.29, 0.717) is 18.8 Å². The van der Waals surface area contributed by atoms with Crippen LogP contribution in [0, 0.1) is 0 Å². The number of esters is 1. The summed E-state index contributed by atoms with van der Waals surface area (Å²) in [5.74, 6) is 0.0760. The molecule has 0 radical (unpaired) electrons. The number of rotatable bonds is 6. The first-order valence-electron chi connectivity index (χ1n) is 5.43. The van der Waals surface area contributed by atoms with Gasteiger partial charge in [0.2, 0.25) is 0 Å². The highest BCUT2D eigenvalue weighted by molar-refractivity contribution is 5.91. The van der Waals surface area contributed by atoms with Crippen LogP contribution < -0.4 is 0 Å². The Labute approximate surface area is 101 Å². The van der Waals surface area contributed by atoms with Crippen molar-refractivity contribution in [2.24, 2.45) is 0 Å². The van der Waals surface area contributed by atoms with Crippen molar-refractivity contribution in [3.8, 4) is 0 Å². The zero-order valence-electron chi connectivity index (χ0n) is 9.69. The summed E-state index contributed by atoms with van der Waals surface area (Å²) < 4.78 is 10.4. The van der Waals surface area contributed by atoms with Crippen molar-refractivity contribution in [3.63, 3.8) is 0 Å². The molecule has 0 aromatic rings. The predicted octanol–water partition coefficient (Wildman–Crippen LogP) is 1.92. The topological polar surface area (TPSA) is 52.6 Å². The van der Waals surface area contributed by atoms with Gasteiger partial charge in [0.25, 0.3) is 0 Å². The molecule has 0 heterocycles. The zero-order valence-corrected chi connectivity index (χ0v) is 9.69. The van der Waals surface area contributed by atoms with E-state index >= 15 is 0 Å². The monoisotopic (exact) mass is 236 g/mol. The molecular formula is C13H16O4. The van der Waals surface area contributed by atoms with E-state index in [1.807, 2.05) is 0 Å². The molecule has 17 heavy (non-hydrogen) atoms. The highest BCUT2D eigenvalue weighted by Gasteiger charge is 2.24. The van der Waals surface area contributed by atoms with Crippen LogP contribution in [0.5, 0.6) is 0 Å². The smallest absolute Gasteiger partial charge is 0.309 e. The van der Waals surface area contributed by atoms with E-state index in [0.717, 1.165) is 0 Å². The largest absolute Gasteiger partial charge is 0.494 e. The van der Waals surface area contributed by atoms with Crippen LogP contribution in [-0.4, -0.2) is 24.5 Å². The first-order valence-corrected chi connectivity index (χ1v) is 5.43. The molecule has 0 amide bonds. The SMILES string of the molecule is C=CCOC1=CC(=O)CC(OC(=O)CC=C)C1. The lowest BCUT2D eigenvalue weighted by atomic mass is 10.0. The Morgan fingerprint density at radius 3 is 2.82 bits per heavy atom. The van der Waals surface area contributed by atoms with Gasteiger partial charge in [-0.05, 0) is 0 Å². The number of hydrogen-bond donors (Lipinski definition) is 0. The lowest BCUT2D eigenvalue weighted by Crippen LogP contribution is -2.25. The van der Waals surface area contributed by atoms with E-state index < -0.39 is 6.10 Å². The molecule has 0 saturated heterocycles. The normalized spacial score (nSPS) is 19.2. The Morgan fingerprint density at radius 2 is 2.18 bits per heavy atom. The van der Waals surface area contributed by atoms with Gasteiger partial charge in [0, 0.05) is 18.9 Å².